The quantitative estimate of drug-likeness (QED) is 0.207. The minimum atomic E-state index is 0.0571. The number of aryl methyl sites for hydroxylation is 2. The zero-order chi connectivity index (χ0) is 19.3. The Kier molecular flexibility index (Phi) is 10.4. The van der Waals surface area contributed by atoms with Crippen LogP contribution in [0.5, 0.6) is 0 Å². The molecule has 0 saturated heterocycles. The van der Waals surface area contributed by atoms with Crippen molar-refractivity contribution in [3.05, 3.63) is 65.7 Å². The van der Waals surface area contributed by atoms with Crippen molar-refractivity contribution in [3.8, 4) is 0 Å². The van der Waals surface area contributed by atoms with Gasteiger partial charge in [0, 0.05) is 31.7 Å². The lowest BCUT2D eigenvalue weighted by Crippen LogP contribution is -2.33. The second kappa shape index (κ2) is 12.9. The van der Waals surface area contributed by atoms with Crippen molar-refractivity contribution in [1.82, 2.24) is 10.2 Å². The van der Waals surface area contributed by atoms with Gasteiger partial charge in [-0.2, -0.15) is 0 Å². The molecular formula is C22H30IN3O. The third-order valence-corrected chi connectivity index (χ3v) is 5.35. The van der Waals surface area contributed by atoms with Crippen LogP contribution in [0.1, 0.15) is 24.0 Å². The lowest BCUT2D eigenvalue weighted by atomic mass is 10.1. The second-order valence-corrected chi connectivity index (χ2v) is 7.43. The average Bonchev–Trinajstić information content (AvgIpc) is 2.67. The fourth-order valence-corrected chi connectivity index (χ4v) is 3.58. The van der Waals surface area contributed by atoms with Crippen molar-refractivity contribution in [1.29, 1.82) is 0 Å². The number of amides is 1. The number of carbonyl (C=O) groups excluding carboxylic acids is 1. The molecule has 0 radical (unpaired) electrons. The van der Waals surface area contributed by atoms with Gasteiger partial charge in [-0.05, 0) is 49.6 Å². The maximum atomic E-state index is 12.0. The molecule has 0 saturated carbocycles. The van der Waals surface area contributed by atoms with E-state index >= 15 is 0 Å². The van der Waals surface area contributed by atoms with Crippen molar-refractivity contribution in [2.24, 2.45) is 0 Å². The van der Waals surface area contributed by atoms with Gasteiger partial charge in [0.05, 0.1) is 4.55 Å². The molecule has 0 aliphatic heterocycles. The molecule has 2 aromatic carbocycles. The third-order valence-electron chi connectivity index (χ3n) is 4.39. The highest BCUT2D eigenvalue weighted by atomic mass is 127. The summed E-state index contributed by atoms with van der Waals surface area (Å²) in [5.41, 5.74) is 3.43. The van der Waals surface area contributed by atoms with E-state index in [0.29, 0.717) is 13.0 Å². The van der Waals surface area contributed by atoms with Gasteiger partial charge in [0.25, 0.3) is 0 Å². The fourth-order valence-electron chi connectivity index (χ4n) is 2.89. The van der Waals surface area contributed by atoms with Gasteiger partial charge >= 0.3 is 0 Å². The predicted octanol–water partition coefficient (Wildman–Crippen LogP) is 4.24. The van der Waals surface area contributed by atoms with Crippen LogP contribution < -0.4 is 10.6 Å². The maximum absolute atomic E-state index is 12.0. The first kappa shape index (κ1) is 21.9. The standard InChI is InChI=1S/C22H30IN3O/c1-19-7-5-11-21(17-19)25-22(27)12-13-24-14-16-26(18-23)15-6-10-20-8-3-2-4-9-20/h2-5,7-9,11,17,24H,6,10,12-16,18H2,1H3,(H,25,27). The van der Waals surface area contributed by atoms with Gasteiger partial charge in [-0.1, -0.05) is 65.1 Å². The minimum absolute atomic E-state index is 0.0571. The van der Waals surface area contributed by atoms with Crippen LogP contribution >= 0.6 is 22.6 Å². The number of hydrogen-bond acceptors (Lipinski definition) is 3. The summed E-state index contributed by atoms with van der Waals surface area (Å²) in [5, 5.41) is 6.33. The highest BCUT2D eigenvalue weighted by molar-refractivity contribution is 14.1. The molecule has 146 valence electrons. The van der Waals surface area contributed by atoms with Crippen LogP contribution in [0.15, 0.2) is 54.6 Å². The van der Waals surface area contributed by atoms with Crippen molar-refractivity contribution >= 4 is 34.2 Å². The summed E-state index contributed by atoms with van der Waals surface area (Å²) in [4.78, 5) is 14.4. The molecule has 0 aliphatic carbocycles. The van der Waals surface area contributed by atoms with Crippen LogP contribution in [0.4, 0.5) is 5.69 Å². The smallest absolute Gasteiger partial charge is 0.225 e. The molecule has 0 heterocycles. The zero-order valence-corrected chi connectivity index (χ0v) is 18.2. The molecule has 4 nitrogen and oxygen atoms in total. The monoisotopic (exact) mass is 479 g/mol. The van der Waals surface area contributed by atoms with Crippen molar-refractivity contribution in [3.63, 3.8) is 0 Å². The Morgan fingerprint density at radius 1 is 1.04 bits per heavy atom. The largest absolute Gasteiger partial charge is 0.326 e. The van der Waals surface area contributed by atoms with Crippen LogP contribution in [0.2, 0.25) is 0 Å². The molecule has 2 aromatic rings. The van der Waals surface area contributed by atoms with Crippen LogP contribution in [0, 0.1) is 6.92 Å². The molecule has 0 atom stereocenters. The van der Waals surface area contributed by atoms with Gasteiger partial charge in [0.1, 0.15) is 0 Å². The first-order chi connectivity index (χ1) is 13.2. The summed E-state index contributed by atoms with van der Waals surface area (Å²) in [6.07, 6.45) is 2.79. The predicted molar refractivity (Wildman–Crippen MR) is 123 cm³/mol. The summed E-state index contributed by atoms with van der Waals surface area (Å²) in [6, 6.07) is 18.5. The molecule has 0 aromatic heterocycles. The molecule has 0 bridgehead atoms. The molecule has 0 unspecified atom stereocenters. The highest BCUT2D eigenvalue weighted by Gasteiger charge is 2.05. The SMILES string of the molecule is Cc1cccc(NC(=O)CCNCCN(CI)CCCc2ccccc2)c1. The van der Waals surface area contributed by atoms with Gasteiger partial charge < -0.3 is 10.6 Å². The summed E-state index contributed by atoms with van der Waals surface area (Å²) < 4.78 is 1.03. The summed E-state index contributed by atoms with van der Waals surface area (Å²) in [7, 11) is 0. The molecule has 27 heavy (non-hydrogen) atoms. The molecule has 5 heteroatoms. The number of halogens is 1. The Morgan fingerprint density at radius 2 is 1.85 bits per heavy atom. The number of benzene rings is 2. The number of nitrogens with zero attached hydrogens (tertiary/aromatic N) is 1. The maximum Gasteiger partial charge on any atom is 0.225 e. The first-order valence-electron chi connectivity index (χ1n) is 9.57. The van der Waals surface area contributed by atoms with E-state index in [4.69, 9.17) is 0 Å². The Hall–Kier alpha value is -1.44. The Morgan fingerprint density at radius 3 is 2.59 bits per heavy atom. The minimum Gasteiger partial charge on any atom is -0.326 e. The normalized spacial score (nSPS) is 10.9. The van der Waals surface area contributed by atoms with Crippen molar-refractivity contribution in [2.75, 3.05) is 36.0 Å². The molecule has 0 spiro atoms. The first-order valence-corrected chi connectivity index (χ1v) is 11.1. The van der Waals surface area contributed by atoms with E-state index in [1.807, 2.05) is 31.2 Å². The van der Waals surface area contributed by atoms with Crippen molar-refractivity contribution < 1.29 is 4.79 Å². The van der Waals surface area contributed by atoms with Crippen LogP contribution in [-0.2, 0) is 11.2 Å². The van der Waals surface area contributed by atoms with Gasteiger partial charge in [0.15, 0.2) is 0 Å². The van der Waals surface area contributed by atoms with Gasteiger partial charge in [-0.25, -0.2) is 0 Å². The lowest BCUT2D eigenvalue weighted by molar-refractivity contribution is -0.116. The fraction of sp³-hybridized carbons (Fsp3) is 0.409. The lowest BCUT2D eigenvalue weighted by Gasteiger charge is -2.19. The second-order valence-electron chi connectivity index (χ2n) is 6.74. The van der Waals surface area contributed by atoms with Crippen LogP contribution in [-0.4, -0.2) is 41.5 Å². The van der Waals surface area contributed by atoms with E-state index in [1.54, 1.807) is 0 Å². The molecule has 0 fully saturated rings. The molecule has 1 amide bonds. The number of anilines is 1. The number of alkyl halides is 1. The summed E-state index contributed by atoms with van der Waals surface area (Å²) in [6.45, 7) is 5.75. The van der Waals surface area contributed by atoms with Gasteiger partial charge in [-0.3, -0.25) is 9.69 Å². The molecule has 0 aliphatic rings. The van der Waals surface area contributed by atoms with Gasteiger partial charge in [0.2, 0.25) is 5.91 Å². The zero-order valence-electron chi connectivity index (χ0n) is 16.1. The Bertz CT molecular complexity index is 678. The highest BCUT2D eigenvalue weighted by Crippen LogP contribution is 2.09. The van der Waals surface area contributed by atoms with E-state index in [-0.39, 0.29) is 5.91 Å². The third kappa shape index (κ3) is 9.35. The molecular weight excluding hydrogens is 449 g/mol. The van der Waals surface area contributed by atoms with E-state index in [0.717, 1.165) is 41.9 Å². The van der Waals surface area contributed by atoms with Crippen molar-refractivity contribution in [2.45, 2.75) is 26.2 Å². The number of rotatable bonds is 12. The topological polar surface area (TPSA) is 44.4 Å². The van der Waals surface area contributed by atoms with E-state index < -0.39 is 0 Å². The Labute approximate surface area is 176 Å². The average molecular weight is 479 g/mol. The number of nitrogens with one attached hydrogen (secondary N) is 2. The molecule has 2 N–H and O–H groups in total. The number of carbonyl (C=O) groups is 1. The Balaban J connectivity index is 1.54. The van der Waals surface area contributed by atoms with Crippen LogP contribution in [0.25, 0.3) is 0 Å². The van der Waals surface area contributed by atoms with E-state index in [9.17, 15) is 4.79 Å². The summed E-state index contributed by atoms with van der Waals surface area (Å²) in [5.74, 6) is 0.0571. The van der Waals surface area contributed by atoms with Crippen LogP contribution in [0.3, 0.4) is 0 Å². The summed E-state index contributed by atoms with van der Waals surface area (Å²) >= 11 is 2.42. The molecule has 2 rings (SSSR count). The van der Waals surface area contributed by atoms with E-state index in [1.165, 1.54) is 12.0 Å². The van der Waals surface area contributed by atoms with E-state index in [2.05, 4.69) is 68.5 Å². The van der Waals surface area contributed by atoms with Gasteiger partial charge in [-0.15, -0.1) is 0 Å². The number of hydrogen-bond donors (Lipinski definition) is 2.